The second kappa shape index (κ2) is 9.91. The third-order valence-corrected chi connectivity index (χ3v) is 7.07. The summed E-state index contributed by atoms with van der Waals surface area (Å²) < 4.78 is 7.48. The number of hydrogen-bond acceptors (Lipinski definition) is 5. The Labute approximate surface area is 207 Å². The lowest BCUT2D eigenvalue weighted by atomic mass is 10.2. The summed E-state index contributed by atoms with van der Waals surface area (Å²) in [6.45, 7) is 5.29. The molecule has 0 N–H and O–H groups in total. The van der Waals surface area contributed by atoms with Crippen LogP contribution in [0.4, 0.5) is 5.69 Å². The Hall–Kier alpha value is -3.29. The molecule has 1 fully saturated rings. The van der Waals surface area contributed by atoms with E-state index in [9.17, 15) is 4.79 Å². The molecule has 0 saturated carbocycles. The minimum absolute atomic E-state index is 0.0482. The summed E-state index contributed by atoms with van der Waals surface area (Å²) >= 11 is 8.08. The Kier molecular flexibility index (Phi) is 6.56. The molecule has 1 aliphatic rings. The standard InChI is InChI=1S/C26H25ClN4O2S/c1-2-33-24-11-6-5-10-22(24)29-13-15-30(16-14-29)26(32)23-18-20(25-12-7-17-34-25)28-31(23)21-9-4-3-8-19(21)27/h3-12,17-18H,2,13-16H2,1H3. The van der Waals surface area contributed by atoms with Crippen LogP contribution in [0.2, 0.25) is 5.02 Å². The van der Waals surface area contributed by atoms with Crippen LogP contribution >= 0.6 is 22.9 Å². The molecular weight excluding hydrogens is 468 g/mol. The van der Waals surface area contributed by atoms with Gasteiger partial charge in [-0.05, 0) is 48.7 Å². The normalized spacial score (nSPS) is 13.8. The summed E-state index contributed by atoms with van der Waals surface area (Å²) in [4.78, 5) is 18.9. The highest BCUT2D eigenvalue weighted by Crippen LogP contribution is 2.31. The van der Waals surface area contributed by atoms with Gasteiger partial charge in [0.15, 0.2) is 0 Å². The molecule has 2 aromatic carbocycles. The fourth-order valence-electron chi connectivity index (χ4n) is 4.19. The van der Waals surface area contributed by atoms with Gasteiger partial charge in [0.25, 0.3) is 5.91 Å². The fourth-order valence-corrected chi connectivity index (χ4v) is 5.09. The molecule has 4 aromatic rings. The fraction of sp³-hybridized carbons (Fsp3) is 0.231. The molecule has 174 valence electrons. The molecule has 1 saturated heterocycles. The monoisotopic (exact) mass is 492 g/mol. The van der Waals surface area contributed by atoms with Crippen molar-refractivity contribution in [2.24, 2.45) is 0 Å². The quantitative estimate of drug-likeness (QED) is 0.351. The number of benzene rings is 2. The molecule has 6 nitrogen and oxygen atoms in total. The first-order valence-corrected chi connectivity index (χ1v) is 12.6. The molecule has 0 bridgehead atoms. The first-order chi connectivity index (χ1) is 16.7. The van der Waals surface area contributed by atoms with Gasteiger partial charge in [0.05, 0.1) is 27.9 Å². The summed E-state index contributed by atoms with van der Waals surface area (Å²) in [5, 5.41) is 7.32. The van der Waals surface area contributed by atoms with Crippen molar-refractivity contribution in [1.82, 2.24) is 14.7 Å². The van der Waals surface area contributed by atoms with Crippen LogP contribution in [-0.2, 0) is 0 Å². The predicted octanol–water partition coefficient (Wildman–Crippen LogP) is 5.62. The second-order valence-electron chi connectivity index (χ2n) is 7.94. The van der Waals surface area contributed by atoms with Gasteiger partial charge >= 0.3 is 0 Å². The number of halogens is 1. The predicted molar refractivity (Wildman–Crippen MR) is 138 cm³/mol. The van der Waals surface area contributed by atoms with Gasteiger partial charge in [0.2, 0.25) is 0 Å². The number of thiophene rings is 1. The SMILES string of the molecule is CCOc1ccccc1N1CCN(C(=O)c2cc(-c3cccs3)nn2-c2ccccc2Cl)CC1. The van der Waals surface area contributed by atoms with Crippen molar-refractivity contribution in [1.29, 1.82) is 0 Å². The average Bonchev–Trinajstić information content (AvgIpc) is 3.55. The molecule has 0 aliphatic carbocycles. The highest BCUT2D eigenvalue weighted by Gasteiger charge is 2.27. The number of carbonyl (C=O) groups excluding carboxylic acids is 1. The van der Waals surface area contributed by atoms with Gasteiger partial charge in [-0.25, -0.2) is 4.68 Å². The van der Waals surface area contributed by atoms with E-state index in [0.29, 0.717) is 36.1 Å². The van der Waals surface area contributed by atoms with Crippen molar-refractivity contribution >= 4 is 34.5 Å². The topological polar surface area (TPSA) is 50.6 Å². The highest BCUT2D eigenvalue weighted by atomic mass is 35.5. The lowest BCUT2D eigenvalue weighted by Gasteiger charge is -2.36. The number of nitrogens with zero attached hydrogens (tertiary/aromatic N) is 4. The number of anilines is 1. The largest absolute Gasteiger partial charge is 0.492 e. The van der Waals surface area contributed by atoms with Crippen LogP contribution in [-0.4, -0.2) is 53.4 Å². The maximum atomic E-state index is 13.7. The smallest absolute Gasteiger partial charge is 0.272 e. The van der Waals surface area contributed by atoms with E-state index in [4.69, 9.17) is 21.4 Å². The summed E-state index contributed by atoms with van der Waals surface area (Å²) in [5.74, 6) is 0.829. The average molecular weight is 493 g/mol. The molecule has 8 heteroatoms. The number of piperazine rings is 1. The summed E-state index contributed by atoms with van der Waals surface area (Å²) in [5.41, 5.74) is 3.04. The molecule has 34 heavy (non-hydrogen) atoms. The zero-order chi connectivity index (χ0) is 23.5. The zero-order valence-corrected chi connectivity index (χ0v) is 20.4. The zero-order valence-electron chi connectivity index (χ0n) is 18.9. The number of para-hydroxylation sites is 3. The molecule has 0 unspecified atom stereocenters. The van der Waals surface area contributed by atoms with E-state index in [0.717, 1.165) is 35.1 Å². The molecule has 0 radical (unpaired) electrons. The van der Waals surface area contributed by atoms with Crippen LogP contribution in [0.15, 0.2) is 72.1 Å². The minimum Gasteiger partial charge on any atom is -0.492 e. The first-order valence-electron chi connectivity index (χ1n) is 11.3. The van der Waals surface area contributed by atoms with E-state index in [1.165, 1.54) is 0 Å². The number of amides is 1. The Balaban J connectivity index is 1.41. The molecule has 0 spiro atoms. The summed E-state index contributed by atoms with van der Waals surface area (Å²) in [6.07, 6.45) is 0. The number of aromatic nitrogens is 2. The van der Waals surface area contributed by atoms with Crippen LogP contribution < -0.4 is 9.64 Å². The van der Waals surface area contributed by atoms with Gasteiger partial charge in [0.1, 0.15) is 17.1 Å². The number of ether oxygens (including phenoxy) is 1. The van der Waals surface area contributed by atoms with Gasteiger partial charge in [0, 0.05) is 26.2 Å². The number of carbonyl (C=O) groups is 1. The third kappa shape index (κ3) is 4.41. The second-order valence-corrected chi connectivity index (χ2v) is 9.29. The molecule has 5 rings (SSSR count). The van der Waals surface area contributed by atoms with Gasteiger partial charge in [-0.1, -0.05) is 41.9 Å². The molecule has 1 aliphatic heterocycles. The Bertz CT molecular complexity index is 1280. The van der Waals surface area contributed by atoms with Crippen molar-refractivity contribution in [3.63, 3.8) is 0 Å². The molecular formula is C26H25ClN4O2S. The highest BCUT2D eigenvalue weighted by molar-refractivity contribution is 7.13. The van der Waals surface area contributed by atoms with Crippen molar-refractivity contribution in [2.45, 2.75) is 6.92 Å². The van der Waals surface area contributed by atoms with Crippen molar-refractivity contribution in [3.8, 4) is 22.0 Å². The van der Waals surface area contributed by atoms with Crippen LogP contribution in [0.3, 0.4) is 0 Å². The minimum atomic E-state index is -0.0482. The first kappa shape index (κ1) is 22.5. The van der Waals surface area contributed by atoms with Crippen molar-refractivity contribution < 1.29 is 9.53 Å². The Morgan fingerprint density at radius 1 is 1.00 bits per heavy atom. The third-order valence-electron chi connectivity index (χ3n) is 5.86. The van der Waals surface area contributed by atoms with Crippen LogP contribution in [0.1, 0.15) is 17.4 Å². The van der Waals surface area contributed by atoms with E-state index in [1.54, 1.807) is 16.0 Å². The lowest BCUT2D eigenvalue weighted by molar-refractivity contribution is 0.0737. The van der Waals surface area contributed by atoms with E-state index < -0.39 is 0 Å². The van der Waals surface area contributed by atoms with Gasteiger partial charge in [-0.2, -0.15) is 5.10 Å². The van der Waals surface area contributed by atoms with Gasteiger partial charge in [-0.3, -0.25) is 4.79 Å². The number of rotatable bonds is 6. The summed E-state index contributed by atoms with van der Waals surface area (Å²) in [7, 11) is 0. The van der Waals surface area contributed by atoms with Crippen LogP contribution in [0.5, 0.6) is 5.75 Å². The summed E-state index contributed by atoms with van der Waals surface area (Å²) in [6, 6.07) is 21.4. The van der Waals surface area contributed by atoms with Crippen molar-refractivity contribution in [2.75, 3.05) is 37.7 Å². The van der Waals surface area contributed by atoms with Gasteiger partial charge < -0.3 is 14.5 Å². The van der Waals surface area contributed by atoms with E-state index in [2.05, 4.69) is 11.0 Å². The van der Waals surface area contributed by atoms with E-state index in [1.807, 2.05) is 77.9 Å². The van der Waals surface area contributed by atoms with Crippen LogP contribution in [0, 0.1) is 0 Å². The van der Waals surface area contributed by atoms with Crippen molar-refractivity contribution in [3.05, 3.63) is 82.8 Å². The van der Waals surface area contributed by atoms with Gasteiger partial charge in [-0.15, -0.1) is 11.3 Å². The van der Waals surface area contributed by atoms with Crippen LogP contribution in [0.25, 0.3) is 16.3 Å². The number of hydrogen-bond donors (Lipinski definition) is 0. The molecule has 3 heterocycles. The lowest BCUT2D eigenvalue weighted by Crippen LogP contribution is -2.49. The Morgan fingerprint density at radius 2 is 1.74 bits per heavy atom. The maximum Gasteiger partial charge on any atom is 0.272 e. The van der Waals surface area contributed by atoms with E-state index in [-0.39, 0.29) is 5.91 Å². The molecule has 1 amide bonds. The molecule has 0 atom stereocenters. The molecule has 2 aromatic heterocycles. The van der Waals surface area contributed by atoms with E-state index >= 15 is 0 Å². The Morgan fingerprint density at radius 3 is 2.44 bits per heavy atom. The maximum absolute atomic E-state index is 13.7.